The first-order chi connectivity index (χ1) is 5.31. The van der Waals surface area contributed by atoms with E-state index in [0.29, 0.717) is 13.2 Å². The predicted molar refractivity (Wildman–Crippen MR) is 39.2 cm³/mol. The summed E-state index contributed by atoms with van der Waals surface area (Å²) < 4.78 is 9.54. The molecule has 0 saturated heterocycles. The van der Waals surface area contributed by atoms with Crippen LogP contribution >= 0.6 is 0 Å². The second-order valence-corrected chi connectivity index (χ2v) is 1.99. The van der Waals surface area contributed by atoms with Crippen LogP contribution in [0.1, 0.15) is 13.3 Å². The van der Waals surface area contributed by atoms with Crippen molar-refractivity contribution in [1.82, 2.24) is 0 Å². The molecule has 0 saturated carbocycles. The van der Waals surface area contributed by atoms with Crippen LogP contribution in [0.25, 0.3) is 0 Å². The summed E-state index contributed by atoms with van der Waals surface area (Å²) in [4.78, 5) is 10.3. The third-order valence-electron chi connectivity index (χ3n) is 0.968. The van der Waals surface area contributed by atoms with Gasteiger partial charge in [-0.2, -0.15) is 0 Å². The van der Waals surface area contributed by atoms with Gasteiger partial charge >= 0.3 is 5.97 Å². The van der Waals surface area contributed by atoms with Gasteiger partial charge in [0, 0.05) is 6.61 Å². The summed E-state index contributed by atoms with van der Waals surface area (Å²) in [5, 5.41) is 8.22. The molecule has 0 amide bonds. The standard InChI is InChI=1S/C7H14O4/c1-2-3-10-4-5-11-7(9)6-8/h8H,2-6H2,1H3. The van der Waals surface area contributed by atoms with Crippen LogP contribution in [0.2, 0.25) is 0 Å². The Morgan fingerprint density at radius 3 is 2.64 bits per heavy atom. The Hall–Kier alpha value is -0.610. The van der Waals surface area contributed by atoms with Crippen LogP contribution in [0, 0.1) is 0 Å². The largest absolute Gasteiger partial charge is 0.462 e. The number of carbonyl (C=O) groups is 1. The first-order valence-corrected chi connectivity index (χ1v) is 3.65. The van der Waals surface area contributed by atoms with Crippen molar-refractivity contribution in [2.24, 2.45) is 0 Å². The molecule has 4 nitrogen and oxygen atoms in total. The Balaban J connectivity index is 2.95. The van der Waals surface area contributed by atoms with Gasteiger partial charge in [-0.15, -0.1) is 0 Å². The predicted octanol–water partition coefficient (Wildman–Crippen LogP) is -0.0515. The number of rotatable bonds is 6. The van der Waals surface area contributed by atoms with Crippen LogP contribution < -0.4 is 0 Å². The highest BCUT2D eigenvalue weighted by Gasteiger charge is 1.97. The molecule has 66 valence electrons. The average molecular weight is 162 g/mol. The number of ether oxygens (including phenoxy) is 2. The summed E-state index contributed by atoms with van der Waals surface area (Å²) in [7, 11) is 0. The van der Waals surface area contributed by atoms with E-state index in [9.17, 15) is 4.79 Å². The Bertz CT molecular complexity index is 103. The molecular formula is C7H14O4. The summed E-state index contributed by atoms with van der Waals surface area (Å²) in [5.74, 6) is -0.606. The van der Waals surface area contributed by atoms with E-state index in [2.05, 4.69) is 4.74 Å². The molecule has 0 aromatic carbocycles. The lowest BCUT2D eigenvalue weighted by Crippen LogP contribution is -2.13. The first-order valence-electron chi connectivity index (χ1n) is 3.65. The Kier molecular flexibility index (Phi) is 7.08. The fourth-order valence-electron chi connectivity index (χ4n) is 0.506. The van der Waals surface area contributed by atoms with Gasteiger partial charge in [0.1, 0.15) is 13.2 Å². The van der Waals surface area contributed by atoms with Crippen molar-refractivity contribution in [2.45, 2.75) is 13.3 Å². The smallest absolute Gasteiger partial charge is 0.331 e. The molecule has 0 spiro atoms. The van der Waals surface area contributed by atoms with Gasteiger partial charge in [0.05, 0.1) is 6.61 Å². The zero-order valence-electron chi connectivity index (χ0n) is 6.71. The molecule has 11 heavy (non-hydrogen) atoms. The summed E-state index contributed by atoms with van der Waals surface area (Å²) in [6.07, 6.45) is 0.952. The minimum Gasteiger partial charge on any atom is -0.462 e. The normalized spacial score (nSPS) is 9.64. The summed E-state index contributed by atoms with van der Waals surface area (Å²) in [6, 6.07) is 0. The van der Waals surface area contributed by atoms with Crippen LogP contribution in [-0.4, -0.2) is 37.5 Å². The van der Waals surface area contributed by atoms with Gasteiger partial charge in [-0.3, -0.25) is 0 Å². The molecule has 0 aliphatic rings. The first kappa shape index (κ1) is 10.4. The number of carbonyl (C=O) groups excluding carboxylic acids is 1. The van der Waals surface area contributed by atoms with Gasteiger partial charge in [-0.05, 0) is 6.42 Å². The summed E-state index contributed by atoms with van der Waals surface area (Å²) >= 11 is 0. The molecule has 0 aliphatic heterocycles. The molecule has 0 aromatic rings. The van der Waals surface area contributed by atoms with E-state index in [0.717, 1.165) is 6.42 Å². The number of aliphatic hydroxyl groups is 1. The van der Waals surface area contributed by atoms with Gasteiger partial charge in [0.2, 0.25) is 0 Å². The SMILES string of the molecule is CCCOCCOC(=O)CO. The van der Waals surface area contributed by atoms with E-state index >= 15 is 0 Å². The number of esters is 1. The fraction of sp³-hybridized carbons (Fsp3) is 0.857. The second kappa shape index (κ2) is 7.50. The van der Waals surface area contributed by atoms with E-state index in [1.165, 1.54) is 0 Å². The molecule has 0 bridgehead atoms. The van der Waals surface area contributed by atoms with Crippen LogP contribution in [0.5, 0.6) is 0 Å². The maximum atomic E-state index is 10.3. The van der Waals surface area contributed by atoms with E-state index in [1.807, 2.05) is 6.92 Å². The van der Waals surface area contributed by atoms with Gasteiger partial charge in [0.15, 0.2) is 0 Å². The monoisotopic (exact) mass is 162 g/mol. The van der Waals surface area contributed by atoms with Crippen molar-refractivity contribution >= 4 is 5.97 Å². The number of hydrogen-bond donors (Lipinski definition) is 1. The van der Waals surface area contributed by atoms with Crippen LogP contribution in [0.15, 0.2) is 0 Å². The number of aliphatic hydroxyl groups excluding tert-OH is 1. The minimum atomic E-state index is -0.606. The van der Waals surface area contributed by atoms with Crippen molar-refractivity contribution in [3.63, 3.8) is 0 Å². The van der Waals surface area contributed by atoms with Crippen molar-refractivity contribution < 1.29 is 19.4 Å². The topological polar surface area (TPSA) is 55.8 Å². The second-order valence-electron chi connectivity index (χ2n) is 1.99. The van der Waals surface area contributed by atoms with Crippen molar-refractivity contribution in [3.05, 3.63) is 0 Å². The molecule has 0 radical (unpaired) electrons. The van der Waals surface area contributed by atoms with E-state index < -0.39 is 12.6 Å². The quantitative estimate of drug-likeness (QED) is 0.439. The molecule has 1 N–H and O–H groups in total. The summed E-state index contributed by atoms with van der Waals surface area (Å²) in [6.45, 7) is 2.74. The lowest BCUT2D eigenvalue weighted by molar-refractivity contribution is -0.148. The van der Waals surface area contributed by atoms with E-state index in [4.69, 9.17) is 9.84 Å². The fourth-order valence-corrected chi connectivity index (χ4v) is 0.506. The molecule has 0 rings (SSSR count). The highest BCUT2D eigenvalue weighted by atomic mass is 16.6. The van der Waals surface area contributed by atoms with Gasteiger partial charge in [-0.25, -0.2) is 4.79 Å². The zero-order chi connectivity index (χ0) is 8.53. The molecule has 4 heteroatoms. The Morgan fingerprint density at radius 1 is 1.36 bits per heavy atom. The van der Waals surface area contributed by atoms with Crippen molar-refractivity contribution in [3.8, 4) is 0 Å². The van der Waals surface area contributed by atoms with Gasteiger partial charge in [0.25, 0.3) is 0 Å². The van der Waals surface area contributed by atoms with Crippen molar-refractivity contribution in [2.75, 3.05) is 26.4 Å². The van der Waals surface area contributed by atoms with E-state index in [-0.39, 0.29) is 6.61 Å². The molecule has 0 heterocycles. The molecule has 0 aliphatic carbocycles. The molecule has 0 unspecified atom stereocenters. The average Bonchev–Trinajstić information content (AvgIpc) is 2.04. The lowest BCUT2D eigenvalue weighted by Gasteiger charge is -2.02. The Labute approximate surface area is 66.1 Å². The maximum absolute atomic E-state index is 10.3. The number of hydrogen-bond acceptors (Lipinski definition) is 4. The molecule has 0 atom stereocenters. The van der Waals surface area contributed by atoms with E-state index in [1.54, 1.807) is 0 Å². The van der Waals surface area contributed by atoms with Gasteiger partial charge < -0.3 is 14.6 Å². The molecular weight excluding hydrogens is 148 g/mol. The maximum Gasteiger partial charge on any atom is 0.331 e. The highest BCUT2D eigenvalue weighted by Crippen LogP contribution is 1.82. The molecule has 0 fully saturated rings. The third-order valence-corrected chi connectivity index (χ3v) is 0.968. The Morgan fingerprint density at radius 2 is 2.09 bits per heavy atom. The molecule has 0 aromatic heterocycles. The van der Waals surface area contributed by atoms with Crippen LogP contribution in [-0.2, 0) is 14.3 Å². The minimum absolute atomic E-state index is 0.222. The van der Waals surface area contributed by atoms with Crippen LogP contribution in [0.3, 0.4) is 0 Å². The highest BCUT2D eigenvalue weighted by molar-refractivity contribution is 5.70. The third kappa shape index (κ3) is 7.29. The summed E-state index contributed by atoms with van der Waals surface area (Å²) in [5.41, 5.74) is 0. The zero-order valence-corrected chi connectivity index (χ0v) is 6.71. The van der Waals surface area contributed by atoms with Crippen LogP contribution in [0.4, 0.5) is 0 Å². The lowest BCUT2D eigenvalue weighted by atomic mass is 10.5. The van der Waals surface area contributed by atoms with Crippen molar-refractivity contribution in [1.29, 1.82) is 0 Å². The van der Waals surface area contributed by atoms with Gasteiger partial charge in [-0.1, -0.05) is 6.92 Å².